The van der Waals surface area contributed by atoms with Gasteiger partial charge >= 0.3 is 0 Å². The molecule has 1 amide bonds. The lowest BCUT2D eigenvalue weighted by atomic mass is 10.1. The fourth-order valence-electron chi connectivity index (χ4n) is 1.67. The smallest absolute Gasteiger partial charge is 0.260 e. The molecule has 6 heteroatoms. The molecule has 0 saturated heterocycles. The van der Waals surface area contributed by atoms with E-state index in [1.165, 1.54) is 19.2 Å². The number of aromatic nitrogens is 2. The maximum Gasteiger partial charge on any atom is 0.260 e. The van der Waals surface area contributed by atoms with Crippen molar-refractivity contribution < 1.29 is 13.9 Å². The van der Waals surface area contributed by atoms with Crippen molar-refractivity contribution in [1.82, 2.24) is 9.97 Å². The van der Waals surface area contributed by atoms with E-state index >= 15 is 0 Å². The van der Waals surface area contributed by atoms with Crippen LogP contribution in [0.1, 0.15) is 21.6 Å². The molecule has 1 aromatic carbocycles. The molecule has 0 fully saturated rings. The lowest BCUT2D eigenvalue weighted by molar-refractivity contribution is 0.102. The van der Waals surface area contributed by atoms with Gasteiger partial charge in [-0.3, -0.25) is 10.1 Å². The van der Waals surface area contributed by atoms with Crippen molar-refractivity contribution in [2.75, 3.05) is 12.4 Å². The molecule has 0 aliphatic heterocycles. The van der Waals surface area contributed by atoms with Crippen LogP contribution in [0.2, 0.25) is 0 Å². The largest absolute Gasteiger partial charge is 0.481 e. The number of methoxy groups -OCH3 is 1. The standard InChI is InChI=1S/C14H14FN3O2/c1-8-4-5-10(11(15)6-8)13(19)18-14-16-9(2)7-12(17-14)20-3/h4-7H,1-3H3,(H,16,17,18,19). The Kier molecular flexibility index (Phi) is 3.93. The van der Waals surface area contributed by atoms with Crippen molar-refractivity contribution in [3.05, 3.63) is 46.9 Å². The number of carbonyl (C=O) groups excluding carboxylic acids is 1. The summed E-state index contributed by atoms with van der Waals surface area (Å²) < 4.78 is 18.7. The number of anilines is 1. The molecule has 0 bridgehead atoms. The summed E-state index contributed by atoms with van der Waals surface area (Å²) in [5.41, 5.74) is 1.32. The van der Waals surface area contributed by atoms with Crippen LogP contribution in [-0.2, 0) is 0 Å². The maximum atomic E-state index is 13.7. The first-order valence-electron chi connectivity index (χ1n) is 5.97. The molecule has 0 aliphatic carbocycles. The Hall–Kier alpha value is -2.50. The van der Waals surface area contributed by atoms with E-state index in [-0.39, 0.29) is 11.5 Å². The van der Waals surface area contributed by atoms with E-state index in [0.717, 1.165) is 5.56 Å². The summed E-state index contributed by atoms with van der Waals surface area (Å²) in [6, 6.07) is 6.01. The van der Waals surface area contributed by atoms with E-state index < -0.39 is 11.7 Å². The zero-order valence-electron chi connectivity index (χ0n) is 11.4. The van der Waals surface area contributed by atoms with Gasteiger partial charge in [-0.05, 0) is 31.5 Å². The van der Waals surface area contributed by atoms with Crippen LogP contribution >= 0.6 is 0 Å². The van der Waals surface area contributed by atoms with Gasteiger partial charge in [0.05, 0.1) is 12.7 Å². The van der Waals surface area contributed by atoms with Crippen molar-refractivity contribution in [3.8, 4) is 5.88 Å². The molecule has 2 aromatic rings. The second-order valence-electron chi connectivity index (χ2n) is 4.31. The van der Waals surface area contributed by atoms with Gasteiger partial charge < -0.3 is 4.74 Å². The molecular formula is C14H14FN3O2. The third-order valence-electron chi connectivity index (χ3n) is 2.63. The number of carbonyl (C=O) groups is 1. The third kappa shape index (κ3) is 3.09. The van der Waals surface area contributed by atoms with Gasteiger partial charge in [-0.2, -0.15) is 4.98 Å². The molecule has 0 unspecified atom stereocenters. The molecule has 5 nitrogen and oxygen atoms in total. The number of rotatable bonds is 3. The highest BCUT2D eigenvalue weighted by molar-refractivity contribution is 6.03. The van der Waals surface area contributed by atoms with Crippen LogP contribution in [-0.4, -0.2) is 23.0 Å². The van der Waals surface area contributed by atoms with Crippen LogP contribution in [0.3, 0.4) is 0 Å². The van der Waals surface area contributed by atoms with Crippen molar-refractivity contribution in [1.29, 1.82) is 0 Å². The number of nitrogens with one attached hydrogen (secondary N) is 1. The molecule has 20 heavy (non-hydrogen) atoms. The Morgan fingerprint density at radius 1 is 1.25 bits per heavy atom. The van der Waals surface area contributed by atoms with Gasteiger partial charge in [0.2, 0.25) is 11.8 Å². The van der Waals surface area contributed by atoms with Crippen molar-refractivity contribution >= 4 is 11.9 Å². The summed E-state index contributed by atoms with van der Waals surface area (Å²) in [4.78, 5) is 20.0. The predicted molar refractivity (Wildman–Crippen MR) is 72.4 cm³/mol. The van der Waals surface area contributed by atoms with E-state index in [9.17, 15) is 9.18 Å². The summed E-state index contributed by atoms with van der Waals surface area (Å²) >= 11 is 0. The maximum absolute atomic E-state index is 13.7. The summed E-state index contributed by atoms with van der Waals surface area (Å²) in [6.45, 7) is 3.49. The molecule has 1 aromatic heterocycles. The Bertz CT molecular complexity index is 659. The molecule has 0 atom stereocenters. The first kappa shape index (κ1) is 13.9. The minimum atomic E-state index is -0.602. The molecular weight excluding hydrogens is 261 g/mol. The molecule has 2 rings (SSSR count). The summed E-state index contributed by atoms with van der Waals surface area (Å²) in [5.74, 6) is -0.777. The normalized spacial score (nSPS) is 10.2. The van der Waals surface area contributed by atoms with Crippen LogP contribution in [0.15, 0.2) is 24.3 Å². The third-order valence-corrected chi connectivity index (χ3v) is 2.63. The molecule has 0 saturated carbocycles. The summed E-state index contributed by atoms with van der Waals surface area (Å²) in [5, 5.41) is 2.45. The van der Waals surface area contributed by atoms with Crippen LogP contribution in [0.4, 0.5) is 10.3 Å². The quantitative estimate of drug-likeness (QED) is 0.934. The number of halogens is 1. The van der Waals surface area contributed by atoms with E-state index in [4.69, 9.17) is 4.74 Å². The van der Waals surface area contributed by atoms with E-state index in [0.29, 0.717) is 11.6 Å². The number of nitrogens with zero attached hydrogens (tertiary/aromatic N) is 2. The second kappa shape index (κ2) is 5.64. The van der Waals surface area contributed by atoms with Crippen LogP contribution in [0.25, 0.3) is 0 Å². The van der Waals surface area contributed by atoms with E-state index in [2.05, 4.69) is 15.3 Å². The van der Waals surface area contributed by atoms with Crippen LogP contribution in [0.5, 0.6) is 5.88 Å². The Morgan fingerprint density at radius 2 is 2.00 bits per heavy atom. The highest BCUT2D eigenvalue weighted by Gasteiger charge is 2.13. The second-order valence-corrected chi connectivity index (χ2v) is 4.31. The van der Waals surface area contributed by atoms with E-state index in [1.807, 2.05) is 0 Å². The number of ether oxygens (including phenoxy) is 1. The molecule has 0 aliphatic rings. The molecule has 0 radical (unpaired) electrons. The number of benzene rings is 1. The fourth-order valence-corrected chi connectivity index (χ4v) is 1.67. The molecule has 104 valence electrons. The number of aryl methyl sites for hydroxylation is 2. The van der Waals surface area contributed by atoms with Gasteiger partial charge in [0.15, 0.2) is 0 Å². The number of hydrogen-bond donors (Lipinski definition) is 1. The zero-order valence-corrected chi connectivity index (χ0v) is 11.4. The summed E-state index contributed by atoms with van der Waals surface area (Å²) in [6.07, 6.45) is 0. The van der Waals surface area contributed by atoms with Crippen LogP contribution in [0, 0.1) is 19.7 Å². The average molecular weight is 275 g/mol. The minimum absolute atomic E-state index is 0.0559. The van der Waals surface area contributed by atoms with Gasteiger partial charge in [0.1, 0.15) is 5.82 Å². The van der Waals surface area contributed by atoms with Gasteiger partial charge in [0, 0.05) is 11.8 Å². The average Bonchev–Trinajstić information content (AvgIpc) is 2.37. The topological polar surface area (TPSA) is 64.1 Å². The van der Waals surface area contributed by atoms with Crippen molar-refractivity contribution in [3.63, 3.8) is 0 Å². The van der Waals surface area contributed by atoms with Crippen molar-refractivity contribution in [2.45, 2.75) is 13.8 Å². The zero-order chi connectivity index (χ0) is 14.7. The Morgan fingerprint density at radius 3 is 2.65 bits per heavy atom. The monoisotopic (exact) mass is 275 g/mol. The van der Waals surface area contributed by atoms with Crippen LogP contribution < -0.4 is 10.1 Å². The molecule has 1 heterocycles. The summed E-state index contributed by atoms with van der Waals surface area (Å²) in [7, 11) is 1.47. The first-order valence-corrected chi connectivity index (χ1v) is 5.97. The highest BCUT2D eigenvalue weighted by Crippen LogP contribution is 2.14. The van der Waals surface area contributed by atoms with E-state index in [1.54, 1.807) is 26.0 Å². The lowest BCUT2D eigenvalue weighted by Crippen LogP contribution is -2.16. The number of amides is 1. The SMILES string of the molecule is COc1cc(C)nc(NC(=O)c2ccc(C)cc2F)n1. The fraction of sp³-hybridized carbons (Fsp3) is 0.214. The lowest BCUT2D eigenvalue weighted by Gasteiger charge is -2.07. The Balaban J connectivity index is 2.25. The molecule has 0 spiro atoms. The van der Waals surface area contributed by atoms with Gasteiger partial charge in [0.25, 0.3) is 5.91 Å². The van der Waals surface area contributed by atoms with Crippen molar-refractivity contribution in [2.24, 2.45) is 0 Å². The van der Waals surface area contributed by atoms with Gasteiger partial charge in [-0.1, -0.05) is 6.07 Å². The first-order chi connectivity index (χ1) is 9.49. The minimum Gasteiger partial charge on any atom is -0.481 e. The number of hydrogen-bond acceptors (Lipinski definition) is 4. The van der Waals surface area contributed by atoms with Gasteiger partial charge in [-0.15, -0.1) is 0 Å². The Labute approximate surface area is 115 Å². The molecule has 1 N–H and O–H groups in total. The predicted octanol–water partition coefficient (Wildman–Crippen LogP) is 2.49. The van der Waals surface area contributed by atoms with Gasteiger partial charge in [-0.25, -0.2) is 9.37 Å². The highest BCUT2D eigenvalue weighted by atomic mass is 19.1.